The van der Waals surface area contributed by atoms with Crippen LogP contribution in [0.2, 0.25) is 0 Å². The highest BCUT2D eigenvalue weighted by molar-refractivity contribution is 9.09. The van der Waals surface area contributed by atoms with Gasteiger partial charge in [-0.2, -0.15) is 0 Å². The highest BCUT2D eigenvalue weighted by Crippen LogP contribution is 2.60. The number of nitro groups is 1. The van der Waals surface area contributed by atoms with Crippen LogP contribution >= 0.6 is 15.9 Å². The lowest BCUT2D eigenvalue weighted by Gasteiger charge is -2.26. The van der Waals surface area contributed by atoms with E-state index in [0.29, 0.717) is 17.1 Å². The smallest absolute Gasteiger partial charge is 0.310 e. The molecule has 2 aliphatic carbocycles. The van der Waals surface area contributed by atoms with Crippen LogP contribution in [0.1, 0.15) is 16.8 Å². The van der Waals surface area contributed by atoms with Gasteiger partial charge in [-0.05, 0) is 48.7 Å². The zero-order valence-electron chi connectivity index (χ0n) is 17.1. The Bertz CT molecular complexity index is 1130. The van der Waals surface area contributed by atoms with Gasteiger partial charge in [0.1, 0.15) is 17.6 Å². The van der Waals surface area contributed by atoms with Gasteiger partial charge in [0, 0.05) is 23.6 Å². The molecule has 2 aromatic carbocycles. The molecule has 5 rings (SSSR count). The topological polar surface area (TPSA) is 122 Å². The van der Waals surface area contributed by atoms with Crippen LogP contribution in [0.15, 0.2) is 48.5 Å². The lowest BCUT2D eigenvalue weighted by Crippen LogP contribution is -2.39. The molecule has 2 saturated carbocycles. The van der Waals surface area contributed by atoms with E-state index in [1.165, 1.54) is 24.3 Å². The zero-order chi connectivity index (χ0) is 23.3. The molecule has 0 N–H and O–H groups in total. The van der Waals surface area contributed by atoms with Gasteiger partial charge in [-0.25, -0.2) is 0 Å². The van der Waals surface area contributed by atoms with E-state index in [9.17, 15) is 24.5 Å². The minimum Gasteiger partial charge on any atom is -0.461 e. The summed E-state index contributed by atoms with van der Waals surface area (Å²) in [5.74, 6) is -1.49. The number of benzene rings is 2. The number of hydrogen-bond acceptors (Lipinski definition) is 8. The van der Waals surface area contributed by atoms with E-state index in [1.54, 1.807) is 24.3 Å². The fraction of sp³-hybridized carbons (Fsp3) is 0.348. The molecule has 10 heteroatoms. The monoisotopic (exact) mass is 515 g/mol. The molecule has 0 amide bonds. The number of hydrogen-bond donors (Lipinski definition) is 0. The molecule has 170 valence electrons. The van der Waals surface area contributed by atoms with E-state index in [1.807, 2.05) is 0 Å². The third-order valence-electron chi connectivity index (χ3n) is 6.60. The maximum atomic E-state index is 12.7. The van der Waals surface area contributed by atoms with Crippen LogP contribution in [0, 0.1) is 33.8 Å². The van der Waals surface area contributed by atoms with Gasteiger partial charge in [0.2, 0.25) is 0 Å². The van der Waals surface area contributed by atoms with Crippen molar-refractivity contribution >= 4 is 39.3 Å². The van der Waals surface area contributed by atoms with Crippen molar-refractivity contribution in [3.05, 3.63) is 64.2 Å². The first kappa shape index (κ1) is 21.6. The van der Waals surface area contributed by atoms with Gasteiger partial charge in [0.05, 0.1) is 21.6 Å². The summed E-state index contributed by atoms with van der Waals surface area (Å²) in [6, 6.07) is 11.9. The molecule has 0 aromatic heterocycles. The number of non-ortho nitro benzene ring substituents is 1. The van der Waals surface area contributed by atoms with Crippen molar-refractivity contribution in [2.45, 2.75) is 17.4 Å². The lowest BCUT2D eigenvalue weighted by atomic mass is 9.80. The number of esters is 2. The van der Waals surface area contributed by atoms with Crippen LogP contribution < -0.4 is 4.74 Å². The van der Waals surface area contributed by atoms with Gasteiger partial charge in [-0.3, -0.25) is 24.5 Å². The van der Waals surface area contributed by atoms with Crippen molar-refractivity contribution in [1.29, 1.82) is 0 Å². The number of halogens is 1. The summed E-state index contributed by atoms with van der Waals surface area (Å²) in [6.07, 6.45) is 0.561. The molecule has 3 fully saturated rings. The molecule has 1 saturated heterocycles. The Hall–Kier alpha value is -3.27. The molecule has 0 radical (unpaired) electrons. The molecule has 0 unspecified atom stereocenters. The van der Waals surface area contributed by atoms with Gasteiger partial charge < -0.3 is 14.2 Å². The van der Waals surface area contributed by atoms with Crippen LogP contribution in [0.5, 0.6) is 11.5 Å². The Morgan fingerprint density at radius 1 is 1.06 bits per heavy atom. The first-order chi connectivity index (χ1) is 15.8. The van der Waals surface area contributed by atoms with Crippen LogP contribution in [-0.4, -0.2) is 40.2 Å². The number of rotatable bonds is 7. The molecular formula is C23H18BrNO8. The van der Waals surface area contributed by atoms with Gasteiger partial charge >= 0.3 is 11.9 Å². The van der Waals surface area contributed by atoms with Crippen molar-refractivity contribution in [3.8, 4) is 11.5 Å². The molecule has 1 heterocycles. The van der Waals surface area contributed by atoms with E-state index < -0.39 is 29.3 Å². The Morgan fingerprint density at radius 2 is 1.70 bits per heavy atom. The number of fused-ring (bicyclic) bond motifs is 1. The number of nitrogens with zero attached hydrogens (tertiary/aromatic N) is 1. The summed E-state index contributed by atoms with van der Waals surface area (Å²) in [5.41, 5.74) is 0.296. The second-order valence-electron chi connectivity index (χ2n) is 8.37. The summed E-state index contributed by atoms with van der Waals surface area (Å²) in [7, 11) is 0. The van der Waals surface area contributed by atoms with Crippen LogP contribution in [0.25, 0.3) is 0 Å². The van der Waals surface area contributed by atoms with E-state index in [2.05, 4.69) is 15.9 Å². The molecular weight excluding hydrogens is 498 g/mol. The number of ether oxygens (including phenoxy) is 3. The SMILES string of the molecule is O=C(COC(=O)[C@@H]1[C@H]2C[C@H]3[C@H](OC(=O)[C@H]31)[C@H]2Br)c1ccc(Oc2ccc([N+](=O)[O-])cc2)cc1. The van der Waals surface area contributed by atoms with Crippen molar-refractivity contribution in [2.75, 3.05) is 6.61 Å². The van der Waals surface area contributed by atoms with Crippen LogP contribution in [0.4, 0.5) is 5.69 Å². The molecule has 6 atom stereocenters. The highest BCUT2D eigenvalue weighted by Gasteiger charge is 2.68. The molecule has 3 aliphatic rings. The number of nitro benzene ring substituents is 1. The Kier molecular flexibility index (Phi) is 5.40. The zero-order valence-corrected chi connectivity index (χ0v) is 18.7. The fourth-order valence-electron chi connectivity index (χ4n) is 5.09. The van der Waals surface area contributed by atoms with Crippen molar-refractivity contribution in [2.24, 2.45) is 23.7 Å². The second-order valence-corrected chi connectivity index (χ2v) is 9.43. The maximum Gasteiger partial charge on any atom is 0.310 e. The largest absolute Gasteiger partial charge is 0.461 e. The lowest BCUT2D eigenvalue weighted by molar-refractivity contribution is -0.384. The minimum absolute atomic E-state index is 0.0309. The number of carbonyl (C=O) groups excluding carboxylic acids is 3. The number of Topliss-reactive ketones (excluding diaryl/α,β-unsaturated/α-hetero) is 1. The Labute approximate surface area is 196 Å². The molecule has 2 aromatic rings. The predicted octanol–water partition coefficient (Wildman–Crippen LogP) is 3.68. The quantitative estimate of drug-likeness (QED) is 0.180. The van der Waals surface area contributed by atoms with E-state index >= 15 is 0 Å². The predicted molar refractivity (Wildman–Crippen MR) is 116 cm³/mol. The second kappa shape index (κ2) is 8.26. The Balaban J connectivity index is 1.17. The minimum atomic E-state index is -0.587. The maximum absolute atomic E-state index is 12.7. The summed E-state index contributed by atoms with van der Waals surface area (Å²) >= 11 is 3.55. The molecule has 33 heavy (non-hydrogen) atoms. The normalized spacial score (nSPS) is 28.9. The van der Waals surface area contributed by atoms with Crippen LogP contribution in [0.3, 0.4) is 0 Å². The van der Waals surface area contributed by atoms with E-state index in [4.69, 9.17) is 14.2 Å². The molecule has 0 spiro atoms. The fourth-order valence-corrected chi connectivity index (χ4v) is 6.14. The van der Waals surface area contributed by atoms with Gasteiger partial charge in [-0.15, -0.1) is 0 Å². The first-order valence-corrected chi connectivity index (χ1v) is 11.3. The molecule has 1 aliphatic heterocycles. The Morgan fingerprint density at radius 3 is 2.33 bits per heavy atom. The average molecular weight is 516 g/mol. The van der Waals surface area contributed by atoms with E-state index in [0.717, 1.165) is 6.42 Å². The number of alkyl halides is 1. The third kappa shape index (κ3) is 3.78. The van der Waals surface area contributed by atoms with Crippen LogP contribution in [-0.2, 0) is 19.1 Å². The average Bonchev–Trinajstić information content (AvgIpc) is 3.42. The standard InChI is InChI=1S/C23H18BrNO8/c24-20-15-9-16-19(23(28)33-21(16)20)18(15)22(27)31-10-17(26)11-1-5-13(6-2-11)32-14-7-3-12(4-8-14)25(29)30/h1-8,15-16,18-21H,9-10H2/t15-,16-,18-,19-,20+,21+/m1/s1. The highest BCUT2D eigenvalue weighted by atomic mass is 79.9. The third-order valence-corrected chi connectivity index (χ3v) is 7.80. The van der Waals surface area contributed by atoms with Gasteiger partial charge in [0.15, 0.2) is 12.4 Å². The van der Waals surface area contributed by atoms with Gasteiger partial charge in [0.25, 0.3) is 5.69 Å². The summed E-state index contributed by atoms with van der Waals surface area (Å²) in [4.78, 5) is 47.5. The summed E-state index contributed by atoms with van der Waals surface area (Å²) in [6.45, 7) is -0.423. The number of ketones is 1. The van der Waals surface area contributed by atoms with E-state index in [-0.39, 0.29) is 40.2 Å². The molecule has 2 bridgehead atoms. The van der Waals surface area contributed by atoms with Crippen molar-refractivity contribution < 1.29 is 33.5 Å². The van der Waals surface area contributed by atoms with Gasteiger partial charge in [-0.1, -0.05) is 15.9 Å². The van der Waals surface area contributed by atoms with Crippen molar-refractivity contribution in [1.82, 2.24) is 0 Å². The van der Waals surface area contributed by atoms with Crippen molar-refractivity contribution in [3.63, 3.8) is 0 Å². The first-order valence-electron chi connectivity index (χ1n) is 10.4. The summed E-state index contributed by atoms with van der Waals surface area (Å²) in [5, 5.41) is 10.7. The molecule has 9 nitrogen and oxygen atoms in total. The number of carbonyl (C=O) groups is 3. The summed E-state index contributed by atoms with van der Waals surface area (Å²) < 4.78 is 16.3.